The second-order valence-corrected chi connectivity index (χ2v) is 5.84. The number of hydrogen-bond donors (Lipinski definition) is 2. The van der Waals surface area contributed by atoms with Gasteiger partial charge in [-0.2, -0.15) is 0 Å². The minimum absolute atomic E-state index is 0.0993. The van der Waals surface area contributed by atoms with Gasteiger partial charge in [-0.05, 0) is 36.0 Å². The molecular formula is C16H12N2O5S. The number of anilines is 1. The first kappa shape index (κ1) is 15.9. The first-order valence-electron chi connectivity index (χ1n) is 6.91. The van der Waals surface area contributed by atoms with Crippen LogP contribution in [-0.2, 0) is 9.59 Å². The van der Waals surface area contributed by atoms with Gasteiger partial charge in [-0.3, -0.25) is 19.3 Å². The fourth-order valence-corrected chi connectivity index (χ4v) is 2.87. The molecule has 1 saturated heterocycles. The van der Waals surface area contributed by atoms with Gasteiger partial charge in [-0.25, -0.2) is 0 Å². The highest BCUT2D eigenvalue weighted by molar-refractivity contribution is 8.18. The molecule has 1 aliphatic heterocycles. The molecule has 0 atom stereocenters. The van der Waals surface area contributed by atoms with Crippen LogP contribution in [0.2, 0.25) is 0 Å². The zero-order chi connectivity index (χ0) is 17.1. The monoisotopic (exact) mass is 344 g/mol. The fourth-order valence-electron chi connectivity index (χ4n) is 2.05. The van der Waals surface area contributed by atoms with Crippen LogP contribution in [0.5, 0.6) is 5.75 Å². The summed E-state index contributed by atoms with van der Waals surface area (Å²) >= 11 is 0.741. The Labute approximate surface area is 140 Å². The molecule has 3 rings (SSSR count). The van der Waals surface area contributed by atoms with Crippen LogP contribution in [0.25, 0.3) is 6.08 Å². The van der Waals surface area contributed by atoms with Crippen LogP contribution in [-0.4, -0.2) is 33.6 Å². The molecule has 0 bridgehead atoms. The molecule has 1 aromatic heterocycles. The van der Waals surface area contributed by atoms with Crippen molar-refractivity contribution in [1.29, 1.82) is 0 Å². The number of thioether (sulfide) groups is 1. The number of nitrogens with one attached hydrogen (secondary N) is 1. The number of amides is 3. The van der Waals surface area contributed by atoms with Crippen LogP contribution in [0.4, 0.5) is 10.5 Å². The van der Waals surface area contributed by atoms with Crippen molar-refractivity contribution in [3.8, 4) is 5.75 Å². The Morgan fingerprint density at radius 2 is 2.04 bits per heavy atom. The molecule has 0 unspecified atom stereocenters. The standard InChI is InChI=1S/C16H12N2O5S/c19-12-6-2-1-5-11(12)17-14(20)9-18-15(21)13(24-16(18)22)8-10-4-3-7-23-10/h1-8,19H,9H2,(H,17,20)/b13-8-. The summed E-state index contributed by atoms with van der Waals surface area (Å²) in [5.74, 6) is -0.802. The van der Waals surface area contributed by atoms with E-state index in [1.54, 1.807) is 24.3 Å². The molecule has 3 amide bonds. The molecule has 1 aliphatic rings. The Hall–Kier alpha value is -3.00. The summed E-state index contributed by atoms with van der Waals surface area (Å²) in [6.45, 7) is -0.436. The Morgan fingerprint density at radius 3 is 2.75 bits per heavy atom. The molecule has 7 nitrogen and oxygen atoms in total. The lowest BCUT2D eigenvalue weighted by molar-refractivity contribution is -0.127. The summed E-state index contributed by atoms with van der Waals surface area (Å²) in [4.78, 5) is 37.2. The van der Waals surface area contributed by atoms with Crippen molar-refractivity contribution in [2.75, 3.05) is 11.9 Å². The van der Waals surface area contributed by atoms with Crippen molar-refractivity contribution in [3.63, 3.8) is 0 Å². The van der Waals surface area contributed by atoms with Gasteiger partial charge in [-0.1, -0.05) is 12.1 Å². The predicted octanol–water partition coefficient (Wildman–Crippen LogP) is 2.66. The second-order valence-electron chi connectivity index (χ2n) is 4.85. The van der Waals surface area contributed by atoms with Gasteiger partial charge in [0.1, 0.15) is 18.1 Å². The van der Waals surface area contributed by atoms with E-state index in [0.717, 1.165) is 16.7 Å². The van der Waals surface area contributed by atoms with Gasteiger partial charge in [0, 0.05) is 6.08 Å². The van der Waals surface area contributed by atoms with E-state index in [9.17, 15) is 19.5 Å². The van der Waals surface area contributed by atoms with Crippen molar-refractivity contribution in [3.05, 3.63) is 53.3 Å². The van der Waals surface area contributed by atoms with Crippen molar-refractivity contribution in [1.82, 2.24) is 4.90 Å². The number of carbonyl (C=O) groups is 3. The highest BCUT2D eigenvalue weighted by Crippen LogP contribution is 2.32. The summed E-state index contributed by atoms with van der Waals surface area (Å²) < 4.78 is 5.11. The molecule has 24 heavy (non-hydrogen) atoms. The number of hydrogen-bond acceptors (Lipinski definition) is 6. The van der Waals surface area contributed by atoms with Gasteiger partial charge in [0.2, 0.25) is 5.91 Å². The average molecular weight is 344 g/mol. The molecule has 0 radical (unpaired) electrons. The molecule has 0 aliphatic carbocycles. The lowest BCUT2D eigenvalue weighted by atomic mass is 10.3. The van der Waals surface area contributed by atoms with Gasteiger partial charge in [-0.15, -0.1) is 0 Å². The topological polar surface area (TPSA) is 99.9 Å². The minimum Gasteiger partial charge on any atom is -0.506 e. The van der Waals surface area contributed by atoms with E-state index in [4.69, 9.17) is 4.42 Å². The van der Waals surface area contributed by atoms with E-state index >= 15 is 0 Å². The van der Waals surface area contributed by atoms with Gasteiger partial charge in [0.05, 0.1) is 16.9 Å². The molecule has 8 heteroatoms. The van der Waals surface area contributed by atoms with E-state index in [1.165, 1.54) is 24.5 Å². The quantitative estimate of drug-likeness (QED) is 0.653. The summed E-state index contributed by atoms with van der Waals surface area (Å²) in [7, 11) is 0. The van der Waals surface area contributed by atoms with E-state index in [0.29, 0.717) is 5.76 Å². The van der Waals surface area contributed by atoms with E-state index < -0.39 is 23.6 Å². The van der Waals surface area contributed by atoms with E-state index in [2.05, 4.69) is 5.32 Å². The van der Waals surface area contributed by atoms with Crippen molar-refractivity contribution < 1.29 is 23.9 Å². The zero-order valence-corrected chi connectivity index (χ0v) is 13.1. The van der Waals surface area contributed by atoms with Crippen molar-refractivity contribution >= 4 is 40.6 Å². The Morgan fingerprint density at radius 1 is 1.25 bits per heavy atom. The first-order chi connectivity index (χ1) is 11.5. The molecule has 2 N–H and O–H groups in total. The van der Waals surface area contributed by atoms with Gasteiger partial charge >= 0.3 is 0 Å². The number of nitrogens with zero attached hydrogens (tertiary/aromatic N) is 1. The van der Waals surface area contributed by atoms with Crippen LogP contribution < -0.4 is 5.32 Å². The largest absolute Gasteiger partial charge is 0.506 e. The highest BCUT2D eigenvalue weighted by Gasteiger charge is 2.36. The van der Waals surface area contributed by atoms with E-state index in [1.807, 2.05) is 0 Å². The van der Waals surface area contributed by atoms with Crippen LogP contribution >= 0.6 is 11.8 Å². The minimum atomic E-state index is -0.585. The number of phenols is 1. The normalized spacial score (nSPS) is 16.0. The Kier molecular flexibility index (Phi) is 4.39. The fraction of sp³-hybridized carbons (Fsp3) is 0.0625. The van der Waals surface area contributed by atoms with Gasteiger partial charge in [0.25, 0.3) is 11.1 Å². The predicted molar refractivity (Wildman–Crippen MR) is 88.1 cm³/mol. The second kappa shape index (κ2) is 6.63. The SMILES string of the molecule is O=C(CN1C(=O)S/C(=C\c2ccco2)C1=O)Nc1ccccc1O. The number of benzene rings is 1. The first-order valence-corrected chi connectivity index (χ1v) is 7.73. The third-order valence-electron chi connectivity index (χ3n) is 3.17. The summed E-state index contributed by atoms with van der Waals surface area (Å²) in [6, 6.07) is 9.50. The van der Waals surface area contributed by atoms with Crippen LogP contribution in [0, 0.1) is 0 Å². The summed E-state index contributed by atoms with van der Waals surface area (Å²) in [5.41, 5.74) is 0.209. The maximum absolute atomic E-state index is 12.2. The lowest BCUT2D eigenvalue weighted by Crippen LogP contribution is -2.36. The highest BCUT2D eigenvalue weighted by atomic mass is 32.2. The maximum atomic E-state index is 12.2. The summed E-state index contributed by atoms with van der Waals surface area (Å²) in [6.07, 6.45) is 2.90. The number of aromatic hydroxyl groups is 1. The van der Waals surface area contributed by atoms with Crippen LogP contribution in [0.15, 0.2) is 52.0 Å². The summed E-state index contributed by atoms with van der Waals surface area (Å²) in [5, 5.41) is 11.5. The molecule has 0 saturated carbocycles. The van der Waals surface area contributed by atoms with Crippen molar-refractivity contribution in [2.45, 2.75) is 0 Å². The molecule has 122 valence electrons. The van der Waals surface area contributed by atoms with Crippen LogP contribution in [0.1, 0.15) is 5.76 Å². The third kappa shape index (κ3) is 3.33. The third-order valence-corrected chi connectivity index (χ3v) is 4.08. The molecular weight excluding hydrogens is 332 g/mol. The number of rotatable bonds is 4. The van der Waals surface area contributed by atoms with Crippen LogP contribution in [0.3, 0.4) is 0 Å². The molecule has 1 aromatic carbocycles. The molecule has 2 aromatic rings. The lowest BCUT2D eigenvalue weighted by Gasteiger charge is -2.12. The molecule has 2 heterocycles. The Bertz CT molecular complexity index is 829. The van der Waals surface area contributed by atoms with Gasteiger partial charge in [0.15, 0.2) is 0 Å². The number of imide groups is 1. The maximum Gasteiger partial charge on any atom is 0.294 e. The average Bonchev–Trinajstić information content (AvgIpc) is 3.14. The van der Waals surface area contributed by atoms with Gasteiger partial charge < -0.3 is 14.8 Å². The smallest absolute Gasteiger partial charge is 0.294 e. The number of para-hydroxylation sites is 2. The zero-order valence-electron chi connectivity index (χ0n) is 12.3. The molecule has 1 fully saturated rings. The molecule has 0 spiro atoms. The number of phenolic OH excluding ortho intramolecular Hbond substituents is 1. The number of furan rings is 1. The number of carbonyl (C=O) groups excluding carboxylic acids is 3. The van der Waals surface area contributed by atoms with Crippen molar-refractivity contribution in [2.24, 2.45) is 0 Å². The Balaban J connectivity index is 1.69. The van der Waals surface area contributed by atoms with E-state index in [-0.39, 0.29) is 16.3 Å².